The van der Waals surface area contributed by atoms with Crippen LogP contribution >= 0.6 is 0 Å². The van der Waals surface area contributed by atoms with Gasteiger partial charge in [0.05, 0.1) is 6.61 Å². The van der Waals surface area contributed by atoms with Crippen LogP contribution in [0.25, 0.3) is 0 Å². The van der Waals surface area contributed by atoms with Crippen molar-refractivity contribution in [1.29, 1.82) is 0 Å². The number of ether oxygens (including phenoxy) is 1. The lowest BCUT2D eigenvalue weighted by Gasteiger charge is -2.27. The Hall–Kier alpha value is -1.35. The molecule has 106 valence electrons. The highest BCUT2D eigenvalue weighted by Crippen LogP contribution is 2.30. The normalized spacial score (nSPS) is 11.4. The number of hydrogen-bond donors (Lipinski definition) is 1. The molecule has 0 heterocycles. The number of hydrogen-bond acceptors (Lipinski definition) is 2. The summed E-state index contributed by atoms with van der Waals surface area (Å²) in [4.78, 5) is 11.9. The number of carbonyl (C=O) groups is 1. The van der Waals surface area contributed by atoms with Gasteiger partial charge < -0.3 is 10.1 Å². The maximum absolute atomic E-state index is 11.9. The summed E-state index contributed by atoms with van der Waals surface area (Å²) >= 11 is 0. The fraction of sp³-hybridized carbons (Fsp3) is 0.562. The standard InChI is InChI=1S/C16H25NO2/c1-5-16(3,6-2)14-9-7-13(8-10-14)15(18)17-11-12-19-4/h7-10H,5-6,11-12H2,1-4H3,(H,17,18). The van der Waals surface area contributed by atoms with Crippen molar-refractivity contribution in [3.05, 3.63) is 35.4 Å². The Morgan fingerprint density at radius 1 is 1.21 bits per heavy atom. The molecule has 19 heavy (non-hydrogen) atoms. The Bertz CT molecular complexity index is 394. The summed E-state index contributed by atoms with van der Waals surface area (Å²) < 4.78 is 4.91. The van der Waals surface area contributed by atoms with E-state index in [2.05, 4.69) is 38.2 Å². The van der Waals surface area contributed by atoms with Crippen molar-refractivity contribution in [1.82, 2.24) is 5.32 Å². The minimum Gasteiger partial charge on any atom is -0.383 e. The van der Waals surface area contributed by atoms with Crippen molar-refractivity contribution in [2.45, 2.75) is 39.0 Å². The van der Waals surface area contributed by atoms with Gasteiger partial charge in [-0.05, 0) is 36.0 Å². The van der Waals surface area contributed by atoms with Gasteiger partial charge >= 0.3 is 0 Å². The van der Waals surface area contributed by atoms with Gasteiger partial charge in [0.25, 0.3) is 5.91 Å². The summed E-state index contributed by atoms with van der Waals surface area (Å²) in [7, 11) is 1.62. The molecule has 0 bridgehead atoms. The summed E-state index contributed by atoms with van der Waals surface area (Å²) in [6.07, 6.45) is 2.20. The molecule has 0 atom stereocenters. The fourth-order valence-electron chi connectivity index (χ4n) is 2.05. The van der Waals surface area contributed by atoms with E-state index in [0.29, 0.717) is 18.7 Å². The zero-order valence-corrected chi connectivity index (χ0v) is 12.5. The van der Waals surface area contributed by atoms with Crippen LogP contribution in [0, 0.1) is 0 Å². The predicted molar refractivity (Wildman–Crippen MR) is 78.6 cm³/mol. The molecule has 1 aromatic rings. The van der Waals surface area contributed by atoms with Gasteiger partial charge in [-0.15, -0.1) is 0 Å². The van der Waals surface area contributed by atoms with E-state index in [4.69, 9.17) is 4.74 Å². The molecule has 0 saturated carbocycles. The monoisotopic (exact) mass is 263 g/mol. The van der Waals surface area contributed by atoms with Crippen LogP contribution < -0.4 is 5.32 Å². The van der Waals surface area contributed by atoms with Gasteiger partial charge in [-0.2, -0.15) is 0 Å². The minimum absolute atomic E-state index is 0.0432. The number of amides is 1. The fourth-order valence-corrected chi connectivity index (χ4v) is 2.05. The Morgan fingerprint density at radius 2 is 1.79 bits per heavy atom. The predicted octanol–water partition coefficient (Wildman–Crippen LogP) is 3.14. The molecule has 0 aliphatic rings. The van der Waals surface area contributed by atoms with Crippen LogP contribution in [-0.4, -0.2) is 26.2 Å². The second-order valence-corrected chi connectivity index (χ2v) is 5.09. The molecule has 1 amide bonds. The lowest BCUT2D eigenvalue weighted by atomic mass is 9.78. The average Bonchev–Trinajstić information content (AvgIpc) is 2.46. The van der Waals surface area contributed by atoms with Crippen LogP contribution in [0.15, 0.2) is 24.3 Å². The third-order valence-corrected chi connectivity index (χ3v) is 4.00. The minimum atomic E-state index is -0.0432. The van der Waals surface area contributed by atoms with Crippen LogP contribution in [0.3, 0.4) is 0 Å². The van der Waals surface area contributed by atoms with Crippen LogP contribution in [0.5, 0.6) is 0 Å². The van der Waals surface area contributed by atoms with E-state index in [1.54, 1.807) is 7.11 Å². The molecule has 1 rings (SSSR count). The topological polar surface area (TPSA) is 38.3 Å². The average molecular weight is 263 g/mol. The van der Waals surface area contributed by atoms with E-state index in [1.165, 1.54) is 5.56 Å². The van der Waals surface area contributed by atoms with Gasteiger partial charge in [-0.1, -0.05) is 32.9 Å². The largest absolute Gasteiger partial charge is 0.383 e. The highest BCUT2D eigenvalue weighted by molar-refractivity contribution is 5.94. The molecule has 0 spiro atoms. The Labute approximate surface area is 116 Å². The van der Waals surface area contributed by atoms with E-state index in [9.17, 15) is 4.79 Å². The summed E-state index contributed by atoms with van der Waals surface area (Å²) in [6, 6.07) is 7.94. The quantitative estimate of drug-likeness (QED) is 0.767. The zero-order valence-electron chi connectivity index (χ0n) is 12.5. The van der Waals surface area contributed by atoms with Crippen molar-refractivity contribution in [2.75, 3.05) is 20.3 Å². The van der Waals surface area contributed by atoms with E-state index in [0.717, 1.165) is 12.8 Å². The summed E-state index contributed by atoms with van der Waals surface area (Å²) in [6.45, 7) is 7.75. The van der Waals surface area contributed by atoms with Crippen LogP contribution in [0.1, 0.15) is 49.5 Å². The number of methoxy groups -OCH3 is 1. The molecular weight excluding hydrogens is 238 g/mol. The Morgan fingerprint density at radius 3 is 2.26 bits per heavy atom. The lowest BCUT2D eigenvalue weighted by Crippen LogP contribution is -2.27. The van der Waals surface area contributed by atoms with Gasteiger partial charge in [0, 0.05) is 19.2 Å². The number of carbonyl (C=O) groups excluding carboxylic acids is 1. The smallest absolute Gasteiger partial charge is 0.251 e. The molecule has 3 heteroatoms. The van der Waals surface area contributed by atoms with Gasteiger partial charge in [0.2, 0.25) is 0 Å². The van der Waals surface area contributed by atoms with Crippen molar-refractivity contribution < 1.29 is 9.53 Å². The van der Waals surface area contributed by atoms with Crippen molar-refractivity contribution in [2.24, 2.45) is 0 Å². The van der Waals surface area contributed by atoms with Crippen molar-refractivity contribution in [3.63, 3.8) is 0 Å². The van der Waals surface area contributed by atoms with E-state index < -0.39 is 0 Å². The molecule has 0 aliphatic carbocycles. The highest BCUT2D eigenvalue weighted by Gasteiger charge is 2.22. The molecule has 1 aromatic carbocycles. The first kappa shape index (κ1) is 15.7. The maximum Gasteiger partial charge on any atom is 0.251 e. The Balaban J connectivity index is 2.73. The van der Waals surface area contributed by atoms with E-state index >= 15 is 0 Å². The Kier molecular flexibility index (Phi) is 6.03. The number of benzene rings is 1. The van der Waals surface area contributed by atoms with Gasteiger partial charge in [-0.3, -0.25) is 4.79 Å². The molecule has 0 aliphatic heterocycles. The number of nitrogens with one attached hydrogen (secondary N) is 1. The van der Waals surface area contributed by atoms with Crippen LogP contribution in [0.4, 0.5) is 0 Å². The third-order valence-electron chi connectivity index (χ3n) is 4.00. The molecule has 0 saturated heterocycles. The van der Waals surface area contributed by atoms with Crippen molar-refractivity contribution in [3.8, 4) is 0 Å². The van der Waals surface area contributed by atoms with Crippen LogP contribution in [0.2, 0.25) is 0 Å². The van der Waals surface area contributed by atoms with E-state index in [-0.39, 0.29) is 11.3 Å². The third kappa shape index (κ3) is 4.06. The molecule has 1 N–H and O–H groups in total. The highest BCUT2D eigenvalue weighted by atomic mass is 16.5. The summed E-state index contributed by atoms with van der Waals surface area (Å²) in [5.74, 6) is -0.0432. The molecule has 0 radical (unpaired) electrons. The molecule has 3 nitrogen and oxygen atoms in total. The van der Waals surface area contributed by atoms with E-state index in [1.807, 2.05) is 12.1 Å². The first-order chi connectivity index (χ1) is 9.07. The van der Waals surface area contributed by atoms with Gasteiger partial charge in [0.1, 0.15) is 0 Å². The first-order valence-electron chi connectivity index (χ1n) is 6.95. The zero-order chi connectivity index (χ0) is 14.3. The first-order valence-corrected chi connectivity index (χ1v) is 6.95. The van der Waals surface area contributed by atoms with Crippen molar-refractivity contribution >= 4 is 5.91 Å². The second-order valence-electron chi connectivity index (χ2n) is 5.09. The molecular formula is C16H25NO2. The second kappa shape index (κ2) is 7.29. The maximum atomic E-state index is 11.9. The van der Waals surface area contributed by atoms with Gasteiger partial charge in [-0.25, -0.2) is 0 Å². The summed E-state index contributed by atoms with van der Waals surface area (Å²) in [5.41, 5.74) is 2.20. The van der Waals surface area contributed by atoms with Gasteiger partial charge in [0.15, 0.2) is 0 Å². The van der Waals surface area contributed by atoms with Crippen LogP contribution in [-0.2, 0) is 10.2 Å². The number of rotatable bonds is 7. The summed E-state index contributed by atoms with van der Waals surface area (Å²) in [5, 5.41) is 2.82. The molecule has 0 unspecified atom stereocenters. The SMILES string of the molecule is CCC(C)(CC)c1ccc(C(=O)NCCOC)cc1. The molecule has 0 aromatic heterocycles. The lowest BCUT2D eigenvalue weighted by molar-refractivity contribution is 0.0937. The molecule has 0 fully saturated rings.